The molecular formula is C15H9FN2O2S2. The van der Waals surface area contributed by atoms with Gasteiger partial charge in [-0.3, -0.25) is 14.9 Å². The number of thiocarbonyl (C=S) groups is 1. The van der Waals surface area contributed by atoms with Gasteiger partial charge < -0.3 is 0 Å². The lowest BCUT2D eigenvalue weighted by Crippen LogP contribution is -2.54. The van der Waals surface area contributed by atoms with Crippen LogP contribution in [-0.2, 0) is 9.59 Å². The number of rotatable bonds is 2. The van der Waals surface area contributed by atoms with E-state index in [-0.39, 0.29) is 16.4 Å². The van der Waals surface area contributed by atoms with Gasteiger partial charge in [-0.25, -0.2) is 9.29 Å². The highest BCUT2D eigenvalue weighted by molar-refractivity contribution is 7.80. The van der Waals surface area contributed by atoms with Crippen LogP contribution in [0, 0.1) is 5.82 Å². The van der Waals surface area contributed by atoms with Crippen LogP contribution >= 0.6 is 23.6 Å². The van der Waals surface area contributed by atoms with Gasteiger partial charge in [-0.05, 0) is 52.8 Å². The van der Waals surface area contributed by atoms with Crippen LogP contribution in [0.3, 0.4) is 0 Å². The Morgan fingerprint density at radius 2 is 2.00 bits per heavy atom. The molecule has 4 nitrogen and oxygen atoms in total. The van der Waals surface area contributed by atoms with E-state index in [9.17, 15) is 14.0 Å². The van der Waals surface area contributed by atoms with Crippen molar-refractivity contribution in [2.45, 2.75) is 0 Å². The highest BCUT2D eigenvalue weighted by atomic mass is 32.1. The van der Waals surface area contributed by atoms with Crippen LogP contribution in [-0.4, -0.2) is 16.9 Å². The summed E-state index contributed by atoms with van der Waals surface area (Å²) in [5.74, 6) is -1.83. The largest absolute Gasteiger partial charge is 0.298 e. The summed E-state index contributed by atoms with van der Waals surface area (Å²) in [6.45, 7) is 0. The van der Waals surface area contributed by atoms with Crippen LogP contribution in [0.5, 0.6) is 0 Å². The number of benzene rings is 1. The zero-order valence-electron chi connectivity index (χ0n) is 11.1. The molecule has 0 aliphatic carbocycles. The summed E-state index contributed by atoms with van der Waals surface area (Å²) in [6.07, 6.45) is 1.46. The fraction of sp³-hybridized carbons (Fsp3) is 0. The SMILES string of the molecule is O=C1NC(=S)N(c2ccccc2F)C(=O)/C1=C\c1ccsc1. The molecule has 0 unspecified atom stereocenters. The molecule has 2 amide bonds. The number of hydrogen-bond acceptors (Lipinski definition) is 4. The van der Waals surface area contributed by atoms with Crippen molar-refractivity contribution >= 4 is 52.2 Å². The highest BCUT2D eigenvalue weighted by Gasteiger charge is 2.35. The zero-order chi connectivity index (χ0) is 15.7. The maximum Gasteiger partial charge on any atom is 0.270 e. The molecule has 3 rings (SSSR count). The third-order valence-electron chi connectivity index (χ3n) is 3.05. The average Bonchev–Trinajstić information content (AvgIpc) is 2.98. The molecule has 1 N–H and O–H groups in total. The molecule has 1 fully saturated rings. The van der Waals surface area contributed by atoms with Crippen molar-refractivity contribution in [3.8, 4) is 0 Å². The summed E-state index contributed by atoms with van der Waals surface area (Å²) in [5.41, 5.74) is 0.647. The maximum absolute atomic E-state index is 13.9. The lowest BCUT2D eigenvalue weighted by molar-refractivity contribution is -0.122. The summed E-state index contributed by atoms with van der Waals surface area (Å²) >= 11 is 6.45. The molecule has 0 bridgehead atoms. The van der Waals surface area contributed by atoms with E-state index >= 15 is 0 Å². The van der Waals surface area contributed by atoms with Crippen LogP contribution in [0.4, 0.5) is 10.1 Å². The minimum atomic E-state index is -0.648. The van der Waals surface area contributed by atoms with Crippen molar-refractivity contribution in [2.24, 2.45) is 0 Å². The first kappa shape index (κ1) is 14.6. The van der Waals surface area contributed by atoms with Crippen LogP contribution in [0.15, 0.2) is 46.7 Å². The number of para-hydroxylation sites is 1. The number of halogens is 1. The fourth-order valence-electron chi connectivity index (χ4n) is 2.03. The predicted molar refractivity (Wildman–Crippen MR) is 86.9 cm³/mol. The van der Waals surface area contributed by atoms with Gasteiger partial charge in [0.1, 0.15) is 11.4 Å². The molecular weight excluding hydrogens is 323 g/mol. The summed E-state index contributed by atoms with van der Waals surface area (Å²) in [4.78, 5) is 25.6. The average molecular weight is 332 g/mol. The number of hydrogen-bond donors (Lipinski definition) is 1. The van der Waals surface area contributed by atoms with E-state index in [2.05, 4.69) is 5.32 Å². The topological polar surface area (TPSA) is 49.4 Å². The van der Waals surface area contributed by atoms with Gasteiger partial charge in [0.15, 0.2) is 5.11 Å². The molecule has 2 heterocycles. The fourth-order valence-corrected chi connectivity index (χ4v) is 2.93. The second-order valence-electron chi connectivity index (χ2n) is 4.47. The summed E-state index contributed by atoms with van der Waals surface area (Å²) in [5, 5.41) is 5.91. The van der Waals surface area contributed by atoms with Gasteiger partial charge in [-0.2, -0.15) is 11.3 Å². The lowest BCUT2D eigenvalue weighted by atomic mass is 10.1. The van der Waals surface area contributed by atoms with Crippen molar-refractivity contribution in [1.82, 2.24) is 5.32 Å². The molecule has 1 aromatic heterocycles. The third kappa shape index (κ3) is 2.56. The number of nitrogens with zero attached hydrogens (tertiary/aromatic N) is 1. The first-order valence-electron chi connectivity index (χ1n) is 6.26. The Hall–Kier alpha value is -2.38. The number of nitrogens with one attached hydrogen (secondary N) is 1. The van der Waals surface area contributed by atoms with Gasteiger partial charge >= 0.3 is 0 Å². The van der Waals surface area contributed by atoms with Gasteiger partial charge in [-0.15, -0.1) is 0 Å². The molecule has 1 aliphatic heterocycles. The minimum absolute atomic E-state index is 0.00807. The normalized spacial score (nSPS) is 17.0. The Kier molecular flexibility index (Phi) is 3.82. The molecule has 0 atom stereocenters. The minimum Gasteiger partial charge on any atom is -0.298 e. The quantitative estimate of drug-likeness (QED) is 0.523. The van der Waals surface area contributed by atoms with E-state index in [0.29, 0.717) is 0 Å². The standard InChI is InChI=1S/C15H9FN2O2S2/c16-11-3-1-2-4-12(11)18-14(20)10(13(19)17-15(18)21)7-9-5-6-22-8-9/h1-8H,(H,17,19,21)/b10-7-. The van der Waals surface area contributed by atoms with E-state index in [0.717, 1.165) is 10.5 Å². The van der Waals surface area contributed by atoms with Gasteiger partial charge in [-0.1, -0.05) is 12.1 Å². The predicted octanol–water partition coefficient (Wildman–Crippen LogP) is 2.72. The summed E-state index contributed by atoms with van der Waals surface area (Å²) in [6, 6.07) is 7.53. The van der Waals surface area contributed by atoms with Gasteiger partial charge in [0.25, 0.3) is 11.8 Å². The van der Waals surface area contributed by atoms with Crippen LogP contribution in [0.25, 0.3) is 6.08 Å². The smallest absolute Gasteiger partial charge is 0.270 e. The van der Waals surface area contributed by atoms with Gasteiger partial charge in [0, 0.05) is 0 Å². The van der Waals surface area contributed by atoms with Crippen LogP contribution in [0.2, 0.25) is 0 Å². The number of carbonyl (C=O) groups is 2. The number of amides is 2. The van der Waals surface area contributed by atoms with Crippen molar-refractivity contribution in [3.63, 3.8) is 0 Å². The molecule has 2 aromatic rings. The molecule has 7 heteroatoms. The van der Waals surface area contributed by atoms with Crippen molar-refractivity contribution in [1.29, 1.82) is 0 Å². The number of anilines is 1. The highest BCUT2D eigenvalue weighted by Crippen LogP contribution is 2.24. The Balaban J connectivity index is 2.05. The van der Waals surface area contributed by atoms with E-state index in [4.69, 9.17) is 12.2 Å². The molecule has 1 aromatic carbocycles. The molecule has 110 valence electrons. The first-order valence-corrected chi connectivity index (χ1v) is 7.61. The molecule has 1 saturated heterocycles. The Labute approximate surface area is 134 Å². The lowest BCUT2D eigenvalue weighted by Gasteiger charge is -2.29. The van der Waals surface area contributed by atoms with E-state index < -0.39 is 17.6 Å². The summed E-state index contributed by atoms with van der Waals surface area (Å²) in [7, 11) is 0. The maximum atomic E-state index is 13.9. The van der Waals surface area contributed by atoms with E-state index in [1.54, 1.807) is 17.5 Å². The number of thiophene rings is 1. The van der Waals surface area contributed by atoms with Crippen molar-refractivity contribution in [2.75, 3.05) is 4.90 Å². The third-order valence-corrected chi connectivity index (χ3v) is 4.04. The second-order valence-corrected chi connectivity index (χ2v) is 5.63. The van der Waals surface area contributed by atoms with Gasteiger partial charge in [0.2, 0.25) is 0 Å². The van der Waals surface area contributed by atoms with Crippen molar-refractivity contribution in [3.05, 3.63) is 58.0 Å². The first-order chi connectivity index (χ1) is 10.6. The van der Waals surface area contributed by atoms with E-state index in [1.165, 1.54) is 35.6 Å². The van der Waals surface area contributed by atoms with Crippen LogP contribution < -0.4 is 10.2 Å². The number of carbonyl (C=O) groups excluding carboxylic acids is 2. The zero-order valence-corrected chi connectivity index (χ0v) is 12.7. The Bertz CT molecular complexity index is 800. The monoisotopic (exact) mass is 332 g/mol. The van der Waals surface area contributed by atoms with E-state index in [1.807, 2.05) is 5.38 Å². The Morgan fingerprint density at radius 1 is 1.23 bits per heavy atom. The molecule has 22 heavy (non-hydrogen) atoms. The molecule has 1 aliphatic rings. The summed E-state index contributed by atoms with van der Waals surface area (Å²) < 4.78 is 13.9. The molecule has 0 saturated carbocycles. The molecule has 0 radical (unpaired) electrons. The van der Waals surface area contributed by atoms with Crippen LogP contribution in [0.1, 0.15) is 5.56 Å². The van der Waals surface area contributed by atoms with Gasteiger partial charge in [0.05, 0.1) is 5.69 Å². The van der Waals surface area contributed by atoms with Crippen molar-refractivity contribution < 1.29 is 14.0 Å². The second kappa shape index (κ2) is 5.78. The molecule has 0 spiro atoms. The Morgan fingerprint density at radius 3 is 2.68 bits per heavy atom.